The van der Waals surface area contributed by atoms with E-state index in [1.807, 2.05) is 13.8 Å². The topological polar surface area (TPSA) is 30.7 Å². The first-order valence-electron chi connectivity index (χ1n) is 2.30. The van der Waals surface area contributed by atoms with Crippen molar-refractivity contribution >= 4 is 12.8 Å². The molecule has 44 valence electrons. The van der Waals surface area contributed by atoms with Gasteiger partial charge in [-0.3, -0.25) is 0 Å². The lowest BCUT2D eigenvalue weighted by Gasteiger charge is -1.86. The summed E-state index contributed by atoms with van der Waals surface area (Å²) in [6, 6.07) is 0. The molecule has 1 heterocycles. The van der Waals surface area contributed by atoms with Crippen molar-refractivity contribution in [3.05, 3.63) is 11.4 Å². The third-order valence-corrected chi connectivity index (χ3v) is 1.48. The van der Waals surface area contributed by atoms with Crippen LogP contribution in [0.1, 0.15) is 11.4 Å². The second-order valence-corrected chi connectivity index (χ2v) is 2.03. The van der Waals surface area contributed by atoms with Crippen molar-refractivity contribution in [1.82, 2.24) is 14.4 Å². The highest BCUT2D eigenvalue weighted by atomic mass is 32.1. The molecule has 0 N–H and O–H groups in total. The van der Waals surface area contributed by atoms with Crippen LogP contribution in [-0.4, -0.2) is 14.4 Å². The lowest BCUT2D eigenvalue weighted by atomic mass is 10.4. The molecule has 8 heavy (non-hydrogen) atoms. The molecule has 0 saturated heterocycles. The summed E-state index contributed by atoms with van der Waals surface area (Å²) in [7, 11) is 0. The summed E-state index contributed by atoms with van der Waals surface area (Å²) in [5.74, 6) is 0. The summed E-state index contributed by atoms with van der Waals surface area (Å²) < 4.78 is 1.45. The first-order chi connectivity index (χ1) is 3.72. The van der Waals surface area contributed by atoms with Crippen LogP contribution < -0.4 is 0 Å². The van der Waals surface area contributed by atoms with Crippen molar-refractivity contribution in [3.8, 4) is 0 Å². The minimum atomic E-state index is 0.931. The van der Waals surface area contributed by atoms with Gasteiger partial charge in [0.1, 0.15) is 0 Å². The second-order valence-electron chi connectivity index (χ2n) is 1.65. The van der Waals surface area contributed by atoms with Crippen LogP contribution in [-0.2, 0) is 0 Å². The lowest BCUT2D eigenvalue weighted by Crippen LogP contribution is -1.84. The molecule has 1 rings (SSSR count). The molecule has 0 fully saturated rings. The number of nitrogens with zero attached hydrogens (tertiary/aromatic N) is 3. The van der Waals surface area contributed by atoms with Gasteiger partial charge in [-0.25, -0.2) is 0 Å². The van der Waals surface area contributed by atoms with Crippen molar-refractivity contribution < 1.29 is 0 Å². The standard InChI is InChI=1S/C4H7N3S/c1-3-4(2)7(8)6-5-3/h8H,1-2H3. The average molecular weight is 129 g/mol. The van der Waals surface area contributed by atoms with Crippen LogP contribution in [0.3, 0.4) is 0 Å². The average Bonchev–Trinajstić information content (AvgIpc) is 1.98. The van der Waals surface area contributed by atoms with E-state index in [0.717, 1.165) is 11.4 Å². The minimum absolute atomic E-state index is 0.931. The van der Waals surface area contributed by atoms with Gasteiger partial charge in [-0.1, -0.05) is 5.21 Å². The Bertz CT molecular complexity index is 174. The van der Waals surface area contributed by atoms with Gasteiger partial charge in [0.25, 0.3) is 0 Å². The largest absolute Gasteiger partial charge is 0.194 e. The molecule has 0 amide bonds. The maximum atomic E-state index is 3.96. The molecule has 0 aromatic carbocycles. The molecule has 0 unspecified atom stereocenters. The van der Waals surface area contributed by atoms with Crippen LogP contribution in [0.5, 0.6) is 0 Å². The zero-order valence-corrected chi connectivity index (χ0v) is 5.68. The number of hydrogen-bond donors (Lipinski definition) is 1. The van der Waals surface area contributed by atoms with Crippen molar-refractivity contribution in [2.75, 3.05) is 0 Å². The Morgan fingerprint density at radius 1 is 1.50 bits per heavy atom. The molecule has 1 aromatic heterocycles. The van der Waals surface area contributed by atoms with E-state index in [-0.39, 0.29) is 0 Å². The molecule has 0 spiro atoms. The normalized spacial score (nSPS) is 9.88. The monoisotopic (exact) mass is 129 g/mol. The van der Waals surface area contributed by atoms with E-state index in [1.165, 1.54) is 4.09 Å². The molecule has 0 saturated carbocycles. The maximum Gasteiger partial charge on any atom is 0.0836 e. The Balaban J connectivity index is 3.19. The molecule has 3 nitrogen and oxygen atoms in total. The molecule has 4 heteroatoms. The quantitative estimate of drug-likeness (QED) is 0.520. The van der Waals surface area contributed by atoms with E-state index in [0.29, 0.717) is 0 Å². The number of aryl methyl sites for hydroxylation is 1. The van der Waals surface area contributed by atoms with Gasteiger partial charge >= 0.3 is 0 Å². The minimum Gasteiger partial charge on any atom is -0.194 e. The van der Waals surface area contributed by atoms with Crippen LogP contribution >= 0.6 is 12.8 Å². The first-order valence-corrected chi connectivity index (χ1v) is 2.70. The zero-order chi connectivity index (χ0) is 6.15. The fourth-order valence-corrected chi connectivity index (χ4v) is 0.578. The predicted octanol–water partition coefficient (Wildman–Crippen LogP) is 0.588. The Morgan fingerprint density at radius 3 is 2.25 bits per heavy atom. The number of hydrogen-bond acceptors (Lipinski definition) is 3. The van der Waals surface area contributed by atoms with Crippen LogP contribution in [0.15, 0.2) is 0 Å². The van der Waals surface area contributed by atoms with Gasteiger partial charge < -0.3 is 0 Å². The fourth-order valence-electron chi connectivity index (χ4n) is 0.394. The Hall–Kier alpha value is -0.510. The summed E-state index contributed by atoms with van der Waals surface area (Å²) in [5.41, 5.74) is 1.92. The zero-order valence-electron chi connectivity index (χ0n) is 4.79. The van der Waals surface area contributed by atoms with Crippen molar-refractivity contribution in [2.45, 2.75) is 13.8 Å². The Kier molecular flexibility index (Phi) is 1.25. The van der Waals surface area contributed by atoms with Crippen LogP contribution in [0, 0.1) is 13.8 Å². The highest BCUT2D eigenvalue weighted by molar-refractivity contribution is 7.78. The molecular formula is C4H7N3S. The highest BCUT2D eigenvalue weighted by Crippen LogP contribution is 2.00. The molecule has 0 radical (unpaired) electrons. The highest BCUT2D eigenvalue weighted by Gasteiger charge is 1.97. The SMILES string of the molecule is Cc1nnn(S)c1C. The predicted molar refractivity (Wildman–Crippen MR) is 33.9 cm³/mol. The molecule has 0 aliphatic rings. The Labute approximate surface area is 53.2 Å². The molecule has 0 atom stereocenters. The van der Waals surface area contributed by atoms with Crippen molar-refractivity contribution in [1.29, 1.82) is 0 Å². The van der Waals surface area contributed by atoms with E-state index in [1.54, 1.807) is 0 Å². The second kappa shape index (κ2) is 1.78. The fraction of sp³-hybridized carbons (Fsp3) is 0.500. The molecule has 0 aliphatic heterocycles. The number of thiol groups is 1. The van der Waals surface area contributed by atoms with Crippen LogP contribution in [0.2, 0.25) is 0 Å². The van der Waals surface area contributed by atoms with Crippen molar-refractivity contribution in [2.24, 2.45) is 0 Å². The molecule has 1 aromatic rings. The molecule has 0 aliphatic carbocycles. The van der Waals surface area contributed by atoms with Gasteiger partial charge in [0, 0.05) is 0 Å². The van der Waals surface area contributed by atoms with Gasteiger partial charge in [-0.05, 0) is 26.7 Å². The summed E-state index contributed by atoms with van der Waals surface area (Å²) in [6.45, 7) is 3.82. The van der Waals surface area contributed by atoms with Gasteiger partial charge in [0.05, 0.1) is 11.4 Å². The van der Waals surface area contributed by atoms with E-state index < -0.39 is 0 Å². The van der Waals surface area contributed by atoms with Gasteiger partial charge in [0.2, 0.25) is 0 Å². The van der Waals surface area contributed by atoms with Gasteiger partial charge in [-0.15, -0.1) is 5.10 Å². The third-order valence-electron chi connectivity index (χ3n) is 1.10. The Morgan fingerprint density at radius 2 is 2.12 bits per heavy atom. The van der Waals surface area contributed by atoms with Crippen LogP contribution in [0.4, 0.5) is 0 Å². The van der Waals surface area contributed by atoms with Gasteiger partial charge in [-0.2, -0.15) is 4.09 Å². The number of aromatic nitrogens is 3. The van der Waals surface area contributed by atoms with E-state index in [9.17, 15) is 0 Å². The summed E-state index contributed by atoms with van der Waals surface area (Å²) in [4.78, 5) is 0. The third kappa shape index (κ3) is 0.709. The number of rotatable bonds is 0. The molecular weight excluding hydrogens is 122 g/mol. The van der Waals surface area contributed by atoms with Crippen LogP contribution in [0.25, 0.3) is 0 Å². The van der Waals surface area contributed by atoms with E-state index in [2.05, 4.69) is 23.1 Å². The van der Waals surface area contributed by atoms with Crippen molar-refractivity contribution in [3.63, 3.8) is 0 Å². The summed E-state index contributed by atoms with van der Waals surface area (Å²) in [6.07, 6.45) is 0. The lowest BCUT2D eigenvalue weighted by molar-refractivity contribution is 0.878. The molecule has 0 bridgehead atoms. The maximum absolute atomic E-state index is 3.96. The van der Waals surface area contributed by atoms with E-state index in [4.69, 9.17) is 0 Å². The smallest absolute Gasteiger partial charge is 0.0836 e. The first kappa shape index (κ1) is 5.62. The summed E-state index contributed by atoms with van der Waals surface area (Å²) >= 11 is 3.96. The summed E-state index contributed by atoms with van der Waals surface area (Å²) in [5, 5.41) is 7.40. The van der Waals surface area contributed by atoms with Gasteiger partial charge in [0.15, 0.2) is 0 Å². The van der Waals surface area contributed by atoms with E-state index >= 15 is 0 Å².